The van der Waals surface area contributed by atoms with Crippen LogP contribution in [-0.2, 0) is 16.0 Å². The molecule has 1 aliphatic carbocycles. The lowest BCUT2D eigenvalue weighted by molar-refractivity contribution is -0.122. The largest absolute Gasteiger partial charge is 0.379 e. The van der Waals surface area contributed by atoms with Gasteiger partial charge in [0.2, 0.25) is 5.91 Å². The Kier molecular flexibility index (Phi) is 6.27. The number of aryl methyl sites for hydroxylation is 1. The molecule has 1 amide bonds. The second-order valence-corrected chi connectivity index (χ2v) is 7.15. The highest BCUT2D eigenvalue weighted by atomic mass is 16.5. The number of benzene rings is 1. The van der Waals surface area contributed by atoms with Crippen LogP contribution in [0.4, 0.5) is 0 Å². The lowest BCUT2D eigenvalue weighted by Crippen LogP contribution is -2.59. The van der Waals surface area contributed by atoms with E-state index in [-0.39, 0.29) is 11.4 Å². The van der Waals surface area contributed by atoms with Crippen molar-refractivity contribution < 1.29 is 9.53 Å². The summed E-state index contributed by atoms with van der Waals surface area (Å²) >= 11 is 0. The van der Waals surface area contributed by atoms with E-state index in [1.807, 2.05) is 18.2 Å². The molecule has 1 N–H and O–H groups in total. The van der Waals surface area contributed by atoms with Crippen molar-refractivity contribution in [2.45, 2.75) is 50.5 Å². The fourth-order valence-electron chi connectivity index (χ4n) is 4.11. The minimum absolute atomic E-state index is 0.157. The summed E-state index contributed by atoms with van der Waals surface area (Å²) in [6, 6.07) is 10.2. The zero-order valence-corrected chi connectivity index (χ0v) is 14.6. The van der Waals surface area contributed by atoms with Gasteiger partial charge in [0, 0.05) is 31.6 Å². The van der Waals surface area contributed by atoms with Crippen LogP contribution < -0.4 is 5.32 Å². The van der Waals surface area contributed by atoms with Crippen molar-refractivity contribution >= 4 is 5.91 Å². The average Bonchev–Trinajstić information content (AvgIpc) is 2.67. The molecule has 1 aliphatic heterocycles. The predicted octanol–water partition coefficient (Wildman–Crippen LogP) is 2.77. The van der Waals surface area contributed by atoms with Gasteiger partial charge in [0.05, 0.1) is 13.2 Å². The molecule has 0 atom stereocenters. The first-order chi connectivity index (χ1) is 11.8. The molecule has 0 unspecified atom stereocenters. The van der Waals surface area contributed by atoms with E-state index in [1.54, 1.807) is 0 Å². The minimum Gasteiger partial charge on any atom is -0.379 e. The van der Waals surface area contributed by atoms with Gasteiger partial charge in [-0.25, -0.2) is 0 Å². The van der Waals surface area contributed by atoms with E-state index in [9.17, 15) is 4.79 Å². The molecule has 4 heteroatoms. The second-order valence-electron chi connectivity index (χ2n) is 7.15. The van der Waals surface area contributed by atoms with Gasteiger partial charge in [0.15, 0.2) is 0 Å². The van der Waals surface area contributed by atoms with Crippen LogP contribution in [0, 0.1) is 0 Å². The summed E-state index contributed by atoms with van der Waals surface area (Å²) < 4.78 is 5.52. The zero-order chi connectivity index (χ0) is 16.7. The van der Waals surface area contributed by atoms with Gasteiger partial charge >= 0.3 is 0 Å². The first kappa shape index (κ1) is 17.4. The molecule has 0 radical (unpaired) electrons. The molecule has 0 aromatic heterocycles. The Morgan fingerprint density at radius 3 is 2.50 bits per heavy atom. The molecule has 1 aromatic rings. The molecule has 3 rings (SSSR count). The van der Waals surface area contributed by atoms with Crippen LogP contribution in [0.3, 0.4) is 0 Å². The maximum Gasteiger partial charge on any atom is 0.220 e. The van der Waals surface area contributed by atoms with Crippen LogP contribution in [0.25, 0.3) is 0 Å². The van der Waals surface area contributed by atoms with Crippen molar-refractivity contribution in [2.75, 3.05) is 32.8 Å². The number of nitrogens with one attached hydrogen (secondary N) is 1. The Morgan fingerprint density at radius 1 is 1.08 bits per heavy atom. The molecule has 0 spiro atoms. The lowest BCUT2D eigenvalue weighted by Gasteiger charge is -2.48. The third kappa shape index (κ3) is 4.58. The Balaban J connectivity index is 1.52. The first-order valence-corrected chi connectivity index (χ1v) is 9.42. The Bertz CT molecular complexity index is 506. The topological polar surface area (TPSA) is 41.6 Å². The summed E-state index contributed by atoms with van der Waals surface area (Å²) in [7, 11) is 0. The monoisotopic (exact) mass is 330 g/mol. The highest BCUT2D eigenvalue weighted by Crippen LogP contribution is 2.33. The quantitative estimate of drug-likeness (QED) is 0.872. The van der Waals surface area contributed by atoms with Crippen LogP contribution in [0.5, 0.6) is 0 Å². The van der Waals surface area contributed by atoms with Gasteiger partial charge in [-0.3, -0.25) is 9.69 Å². The number of hydrogen-bond donors (Lipinski definition) is 1. The number of morpholine rings is 1. The molecular weight excluding hydrogens is 300 g/mol. The van der Waals surface area contributed by atoms with Gasteiger partial charge in [-0.05, 0) is 24.8 Å². The molecule has 1 heterocycles. The molecule has 0 bridgehead atoms. The fraction of sp³-hybridized carbons (Fsp3) is 0.650. The van der Waals surface area contributed by atoms with E-state index in [1.165, 1.54) is 37.7 Å². The van der Waals surface area contributed by atoms with E-state index < -0.39 is 0 Å². The van der Waals surface area contributed by atoms with E-state index >= 15 is 0 Å². The number of carbonyl (C=O) groups excluding carboxylic acids is 1. The number of amides is 1. The number of hydrogen-bond acceptors (Lipinski definition) is 3. The van der Waals surface area contributed by atoms with Crippen LogP contribution in [0.2, 0.25) is 0 Å². The third-order valence-corrected chi connectivity index (χ3v) is 5.56. The normalized spacial score (nSPS) is 21.3. The minimum atomic E-state index is 0.157. The first-order valence-electron chi connectivity index (χ1n) is 9.42. The Hall–Kier alpha value is -1.39. The summed E-state index contributed by atoms with van der Waals surface area (Å²) in [5.41, 5.74) is 1.39. The number of ether oxygens (including phenoxy) is 1. The summed E-state index contributed by atoms with van der Waals surface area (Å²) in [4.78, 5) is 14.9. The van der Waals surface area contributed by atoms with E-state index in [0.29, 0.717) is 6.42 Å². The third-order valence-electron chi connectivity index (χ3n) is 5.56. The highest BCUT2D eigenvalue weighted by molar-refractivity contribution is 5.76. The lowest BCUT2D eigenvalue weighted by atomic mass is 9.79. The number of rotatable bonds is 6. The van der Waals surface area contributed by atoms with Gasteiger partial charge in [0.1, 0.15) is 0 Å². The Morgan fingerprint density at radius 2 is 1.79 bits per heavy atom. The maximum atomic E-state index is 12.3. The molecule has 132 valence electrons. The fourth-order valence-corrected chi connectivity index (χ4v) is 4.11. The van der Waals surface area contributed by atoms with Crippen molar-refractivity contribution in [1.82, 2.24) is 10.2 Å². The summed E-state index contributed by atoms with van der Waals surface area (Å²) in [6.07, 6.45) is 7.67. The smallest absolute Gasteiger partial charge is 0.220 e. The number of nitrogens with zero attached hydrogens (tertiary/aromatic N) is 1. The van der Waals surface area contributed by atoms with Crippen molar-refractivity contribution in [3.8, 4) is 0 Å². The van der Waals surface area contributed by atoms with Crippen molar-refractivity contribution in [3.63, 3.8) is 0 Å². The van der Waals surface area contributed by atoms with Gasteiger partial charge in [-0.1, -0.05) is 49.6 Å². The molecule has 24 heavy (non-hydrogen) atoms. The standard InChI is InChI=1S/C20H30N2O2/c23-19(10-9-18-7-3-1-4-8-18)21-17-20(11-5-2-6-12-20)22-13-15-24-16-14-22/h1,3-4,7-8H,2,5-6,9-17H2,(H,21,23). The molecule has 2 fully saturated rings. The molecule has 1 saturated carbocycles. The summed E-state index contributed by atoms with van der Waals surface area (Å²) in [5.74, 6) is 0.178. The van der Waals surface area contributed by atoms with Gasteiger partial charge in [0.25, 0.3) is 0 Å². The maximum absolute atomic E-state index is 12.3. The molecular formula is C20H30N2O2. The predicted molar refractivity (Wildman–Crippen MR) is 96.0 cm³/mol. The van der Waals surface area contributed by atoms with Crippen LogP contribution in [0.15, 0.2) is 30.3 Å². The van der Waals surface area contributed by atoms with Crippen LogP contribution >= 0.6 is 0 Å². The molecule has 1 aromatic carbocycles. The molecule has 1 saturated heterocycles. The SMILES string of the molecule is O=C(CCc1ccccc1)NCC1(N2CCOCC2)CCCCC1. The van der Waals surface area contributed by atoms with Crippen molar-refractivity contribution in [1.29, 1.82) is 0 Å². The zero-order valence-electron chi connectivity index (χ0n) is 14.6. The van der Waals surface area contributed by atoms with E-state index in [4.69, 9.17) is 4.74 Å². The second kappa shape index (κ2) is 8.63. The van der Waals surface area contributed by atoms with Crippen LogP contribution in [-0.4, -0.2) is 49.2 Å². The van der Waals surface area contributed by atoms with E-state index in [2.05, 4.69) is 22.3 Å². The van der Waals surface area contributed by atoms with E-state index in [0.717, 1.165) is 39.3 Å². The number of carbonyl (C=O) groups is 1. The average molecular weight is 330 g/mol. The van der Waals surface area contributed by atoms with Gasteiger partial charge in [-0.2, -0.15) is 0 Å². The Labute approximate surface area is 145 Å². The highest BCUT2D eigenvalue weighted by Gasteiger charge is 2.38. The van der Waals surface area contributed by atoms with Gasteiger partial charge < -0.3 is 10.1 Å². The van der Waals surface area contributed by atoms with Crippen molar-refractivity contribution in [3.05, 3.63) is 35.9 Å². The van der Waals surface area contributed by atoms with Gasteiger partial charge in [-0.15, -0.1) is 0 Å². The molecule has 4 nitrogen and oxygen atoms in total. The molecule has 2 aliphatic rings. The van der Waals surface area contributed by atoms with Crippen LogP contribution in [0.1, 0.15) is 44.1 Å². The summed E-state index contributed by atoms with van der Waals surface area (Å²) in [6.45, 7) is 4.44. The summed E-state index contributed by atoms with van der Waals surface area (Å²) in [5, 5.41) is 3.24. The van der Waals surface area contributed by atoms with Crippen molar-refractivity contribution in [2.24, 2.45) is 0 Å².